The van der Waals surface area contributed by atoms with Gasteiger partial charge in [0.15, 0.2) is 11.5 Å². The van der Waals surface area contributed by atoms with E-state index in [-0.39, 0.29) is 48.7 Å². The molecular weight excluding hydrogens is 440 g/mol. The van der Waals surface area contributed by atoms with Crippen LogP contribution in [0.25, 0.3) is 0 Å². The van der Waals surface area contributed by atoms with E-state index in [9.17, 15) is 19.2 Å². The van der Waals surface area contributed by atoms with Crippen LogP contribution in [-0.2, 0) is 19.1 Å². The molecule has 0 aliphatic rings. The number of carbonyl (C=O) groups excluding carboxylic acids is 4. The molecule has 0 aromatic heterocycles. The van der Waals surface area contributed by atoms with Gasteiger partial charge in [0.1, 0.15) is 0 Å². The highest BCUT2D eigenvalue weighted by Gasteiger charge is 2.25. The SMILES string of the molecule is CCCCOC(=O)c1cc(OC(=O)CCCC)c(OC(=O)CCCC)c(OC(=O)CCCC)c1. The zero-order valence-electron chi connectivity index (χ0n) is 20.9. The van der Waals surface area contributed by atoms with Crippen LogP contribution >= 0.6 is 0 Å². The summed E-state index contributed by atoms with van der Waals surface area (Å²) in [5.41, 5.74) is 0.0287. The first-order valence-corrected chi connectivity index (χ1v) is 12.3. The van der Waals surface area contributed by atoms with Gasteiger partial charge in [0.25, 0.3) is 0 Å². The van der Waals surface area contributed by atoms with Gasteiger partial charge in [0.2, 0.25) is 5.75 Å². The molecule has 1 aromatic carbocycles. The highest BCUT2D eigenvalue weighted by Crippen LogP contribution is 2.40. The zero-order valence-corrected chi connectivity index (χ0v) is 20.9. The van der Waals surface area contributed by atoms with Crippen molar-refractivity contribution in [2.45, 2.75) is 98.3 Å². The maximum Gasteiger partial charge on any atom is 0.338 e. The average Bonchev–Trinajstić information content (AvgIpc) is 2.81. The van der Waals surface area contributed by atoms with Gasteiger partial charge in [-0.1, -0.05) is 53.4 Å². The molecule has 0 bridgehead atoms. The van der Waals surface area contributed by atoms with Crippen LogP contribution in [0.3, 0.4) is 0 Å². The first-order valence-electron chi connectivity index (χ1n) is 12.3. The van der Waals surface area contributed by atoms with Crippen molar-refractivity contribution in [1.82, 2.24) is 0 Å². The van der Waals surface area contributed by atoms with E-state index in [0.717, 1.165) is 25.7 Å². The quantitative estimate of drug-likeness (QED) is 0.163. The monoisotopic (exact) mass is 478 g/mol. The van der Waals surface area contributed by atoms with Crippen LogP contribution in [0, 0.1) is 0 Å². The Morgan fingerprint density at radius 2 is 1.03 bits per heavy atom. The Labute approximate surface area is 202 Å². The molecule has 1 aromatic rings. The van der Waals surface area contributed by atoms with Crippen molar-refractivity contribution in [3.8, 4) is 17.2 Å². The van der Waals surface area contributed by atoms with E-state index in [4.69, 9.17) is 18.9 Å². The van der Waals surface area contributed by atoms with E-state index in [0.29, 0.717) is 25.7 Å². The van der Waals surface area contributed by atoms with Crippen molar-refractivity contribution >= 4 is 23.9 Å². The molecule has 34 heavy (non-hydrogen) atoms. The molecule has 0 spiro atoms. The van der Waals surface area contributed by atoms with Crippen LogP contribution in [-0.4, -0.2) is 30.5 Å². The van der Waals surface area contributed by atoms with E-state index >= 15 is 0 Å². The molecule has 0 saturated heterocycles. The fourth-order valence-electron chi connectivity index (χ4n) is 2.81. The summed E-state index contributed by atoms with van der Waals surface area (Å²) in [6, 6.07) is 2.56. The largest absolute Gasteiger partial charge is 0.462 e. The van der Waals surface area contributed by atoms with Crippen molar-refractivity contribution in [3.63, 3.8) is 0 Å². The molecule has 0 unspecified atom stereocenters. The number of ether oxygens (including phenoxy) is 4. The number of hydrogen-bond donors (Lipinski definition) is 0. The second-order valence-electron chi connectivity index (χ2n) is 8.02. The molecule has 0 atom stereocenters. The summed E-state index contributed by atoms with van der Waals surface area (Å²) in [5.74, 6) is -2.82. The Morgan fingerprint density at radius 1 is 0.618 bits per heavy atom. The maximum absolute atomic E-state index is 12.6. The Balaban J connectivity index is 3.40. The predicted molar refractivity (Wildman–Crippen MR) is 127 cm³/mol. The maximum atomic E-state index is 12.6. The van der Waals surface area contributed by atoms with Crippen molar-refractivity contribution in [2.24, 2.45) is 0 Å². The second kappa shape index (κ2) is 16.7. The third-order valence-electron chi connectivity index (χ3n) is 4.85. The highest BCUT2D eigenvalue weighted by molar-refractivity contribution is 5.92. The van der Waals surface area contributed by atoms with Gasteiger partial charge in [-0.15, -0.1) is 0 Å². The molecular formula is C26H38O8. The second-order valence-corrected chi connectivity index (χ2v) is 8.02. The van der Waals surface area contributed by atoms with Gasteiger partial charge in [-0.3, -0.25) is 14.4 Å². The number of benzene rings is 1. The fourth-order valence-corrected chi connectivity index (χ4v) is 2.81. The topological polar surface area (TPSA) is 105 Å². The summed E-state index contributed by atoms with van der Waals surface area (Å²) in [5, 5.41) is 0. The lowest BCUT2D eigenvalue weighted by molar-refractivity contribution is -0.138. The molecule has 0 fully saturated rings. The molecule has 0 heterocycles. The first-order chi connectivity index (χ1) is 16.4. The molecule has 190 valence electrons. The molecule has 8 nitrogen and oxygen atoms in total. The molecule has 8 heteroatoms. The standard InChI is InChI=1S/C26H38O8/c1-5-9-13-22(27)32-20-17-19(26(30)31-16-12-8-4)18-21(33-23(28)14-10-6-2)25(20)34-24(29)15-11-7-3/h17-18H,5-16H2,1-4H3. The molecule has 0 amide bonds. The van der Waals surface area contributed by atoms with Gasteiger partial charge in [0, 0.05) is 19.3 Å². The van der Waals surface area contributed by atoms with Gasteiger partial charge >= 0.3 is 23.9 Å². The lowest BCUT2D eigenvalue weighted by Crippen LogP contribution is -2.16. The Hall–Kier alpha value is -2.90. The zero-order chi connectivity index (χ0) is 25.3. The number of carbonyl (C=O) groups is 4. The van der Waals surface area contributed by atoms with Crippen LogP contribution in [0.15, 0.2) is 12.1 Å². The van der Waals surface area contributed by atoms with Crippen molar-refractivity contribution in [2.75, 3.05) is 6.61 Å². The van der Waals surface area contributed by atoms with Crippen LogP contribution in [0.4, 0.5) is 0 Å². The van der Waals surface area contributed by atoms with Gasteiger partial charge in [-0.2, -0.15) is 0 Å². The van der Waals surface area contributed by atoms with Crippen molar-refractivity contribution in [1.29, 1.82) is 0 Å². The molecule has 0 saturated carbocycles. The van der Waals surface area contributed by atoms with Crippen LogP contribution in [0.2, 0.25) is 0 Å². The van der Waals surface area contributed by atoms with E-state index < -0.39 is 23.9 Å². The summed E-state index contributed by atoms with van der Waals surface area (Å²) in [6.45, 7) is 8.01. The average molecular weight is 479 g/mol. The first kappa shape index (κ1) is 29.1. The lowest BCUT2D eigenvalue weighted by Gasteiger charge is -2.16. The third kappa shape index (κ3) is 10.8. The van der Waals surface area contributed by atoms with E-state index in [1.165, 1.54) is 12.1 Å². The molecule has 0 radical (unpaired) electrons. The summed E-state index contributed by atoms with van der Waals surface area (Å²) in [4.78, 5) is 49.7. The summed E-state index contributed by atoms with van der Waals surface area (Å²) < 4.78 is 21.7. The minimum absolute atomic E-state index is 0.0287. The lowest BCUT2D eigenvalue weighted by atomic mass is 10.1. The normalized spacial score (nSPS) is 10.5. The van der Waals surface area contributed by atoms with E-state index in [1.807, 2.05) is 27.7 Å². The van der Waals surface area contributed by atoms with Gasteiger partial charge in [-0.25, -0.2) is 4.79 Å². The van der Waals surface area contributed by atoms with Crippen LogP contribution < -0.4 is 14.2 Å². The molecule has 0 N–H and O–H groups in total. The fraction of sp³-hybridized carbons (Fsp3) is 0.615. The van der Waals surface area contributed by atoms with Crippen LogP contribution in [0.1, 0.15) is 109 Å². The Bertz CT molecular complexity index is 772. The number of esters is 4. The Morgan fingerprint density at radius 3 is 1.44 bits per heavy atom. The summed E-state index contributed by atoms with van der Waals surface area (Å²) in [6.07, 6.45) is 6.18. The predicted octanol–water partition coefficient (Wildman–Crippen LogP) is 5.93. The highest BCUT2D eigenvalue weighted by atomic mass is 16.6. The van der Waals surface area contributed by atoms with Gasteiger partial charge in [0.05, 0.1) is 12.2 Å². The number of rotatable bonds is 16. The Kier molecular flexibility index (Phi) is 14.3. The number of hydrogen-bond acceptors (Lipinski definition) is 8. The third-order valence-corrected chi connectivity index (χ3v) is 4.85. The number of unbranched alkanes of at least 4 members (excludes halogenated alkanes) is 4. The van der Waals surface area contributed by atoms with Crippen molar-refractivity contribution in [3.05, 3.63) is 17.7 Å². The molecule has 0 aliphatic carbocycles. The van der Waals surface area contributed by atoms with Crippen molar-refractivity contribution < 1.29 is 38.1 Å². The smallest absolute Gasteiger partial charge is 0.338 e. The molecule has 0 aliphatic heterocycles. The minimum atomic E-state index is -0.658. The van der Waals surface area contributed by atoms with Gasteiger partial charge < -0.3 is 18.9 Å². The molecule has 1 rings (SSSR count). The summed E-state index contributed by atoms with van der Waals surface area (Å²) in [7, 11) is 0. The van der Waals surface area contributed by atoms with Crippen LogP contribution in [0.5, 0.6) is 17.2 Å². The summed E-state index contributed by atoms with van der Waals surface area (Å²) >= 11 is 0. The van der Waals surface area contributed by atoms with E-state index in [1.54, 1.807) is 0 Å². The van der Waals surface area contributed by atoms with E-state index in [2.05, 4.69) is 0 Å². The minimum Gasteiger partial charge on any atom is -0.462 e. The van der Waals surface area contributed by atoms with Gasteiger partial charge in [-0.05, 0) is 37.8 Å².